The predicted molar refractivity (Wildman–Crippen MR) is 203 cm³/mol. The summed E-state index contributed by atoms with van der Waals surface area (Å²) in [6.45, 7) is 26.8. The normalized spacial score (nSPS) is 48.6. The molecule has 12 nitrogen and oxygen atoms in total. The number of hydrogen-bond acceptors (Lipinski definition) is 12. The summed E-state index contributed by atoms with van der Waals surface area (Å²) in [4.78, 5) is 16.3. The number of likely N-dealkylation sites (N-methyl/N-ethyl adjacent to an activating group) is 1. The minimum atomic E-state index is -1.73. The van der Waals surface area contributed by atoms with E-state index in [0.29, 0.717) is 19.3 Å². The first kappa shape index (κ1) is 46.5. The Morgan fingerprint density at radius 3 is 2.08 bits per heavy atom. The molecule has 0 saturated carbocycles. The lowest BCUT2D eigenvalue weighted by Crippen LogP contribution is -2.62. The van der Waals surface area contributed by atoms with Gasteiger partial charge >= 0.3 is 5.97 Å². The zero-order chi connectivity index (χ0) is 40.6. The molecule has 0 aliphatic carbocycles. The Kier molecular flexibility index (Phi) is 15.5. The Morgan fingerprint density at radius 2 is 1.53 bits per heavy atom. The number of carbonyl (C=O) groups is 1. The average molecular weight is 760 g/mol. The van der Waals surface area contributed by atoms with E-state index in [1.807, 2.05) is 55.5 Å². The lowest BCUT2D eigenvalue weighted by atomic mass is 9.74. The summed E-state index contributed by atoms with van der Waals surface area (Å²) in [6.07, 6.45) is -5.53. The van der Waals surface area contributed by atoms with Crippen molar-refractivity contribution in [1.82, 2.24) is 4.90 Å². The highest BCUT2D eigenvalue weighted by atomic mass is 16.7. The number of carbonyl (C=O) groups excluding carboxylic acids is 1. The molecule has 3 rings (SSSR count). The number of methoxy groups -OCH3 is 1. The number of ether oxygens (including phenoxy) is 6. The number of hydrogen-bond donors (Lipinski definition) is 4. The maximum Gasteiger partial charge on any atom is 0.311 e. The van der Waals surface area contributed by atoms with Crippen molar-refractivity contribution in [3.8, 4) is 0 Å². The minimum Gasteiger partial charge on any atom is -0.459 e. The third-order valence-corrected chi connectivity index (χ3v) is 13.3. The second-order valence-electron chi connectivity index (χ2n) is 18.9. The van der Waals surface area contributed by atoms with Crippen LogP contribution in [0.3, 0.4) is 0 Å². The zero-order valence-corrected chi connectivity index (χ0v) is 35.8. The van der Waals surface area contributed by atoms with E-state index in [-0.39, 0.29) is 48.5 Å². The van der Waals surface area contributed by atoms with Gasteiger partial charge in [-0.05, 0) is 107 Å². The number of rotatable bonds is 7. The number of esters is 1. The Morgan fingerprint density at radius 1 is 0.925 bits per heavy atom. The fraction of sp³-hybridized carbons (Fsp3) is 0.976. The van der Waals surface area contributed by atoms with Crippen molar-refractivity contribution < 1.29 is 53.6 Å². The van der Waals surface area contributed by atoms with Gasteiger partial charge in [-0.1, -0.05) is 34.6 Å². The quantitative estimate of drug-likeness (QED) is 0.257. The summed E-state index contributed by atoms with van der Waals surface area (Å²) in [7, 11) is 3.66. The highest BCUT2D eigenvalue weighted by Crippen LogP contribution is 2.42. The summed E-state index contributed by atoms with van der Waals surface area (Å²) >= 11 is 0. The molecule has 0 aromatic carbocycles. The maximum atomic E-state index is 14.2. The molecule has 12 heteroatoms. The third kappa shape index (κ3) is 10.5. The molecule has 3 aliphatic heterocycles. The summed E-state index contributed by atoms with van der Waals surface area (Å²) in [5, 5.41) is 47.6. The van der Waals surface area contributed by atoms with Crippen LogP contribution in [0.25, 0.3) is 0 Å². The van der Waals surface area contributed by atoms with Crippen molar-refractivity contribution in [2.45, 2.75) is 213 Å². The summed E-state index contributed by atoms with van der Waals surface area (Å²) in [5.41, 5.74) is -4.08. The van der Waals surface area contributed by atoms with E-state index in [2.05, 4.69) is 32.6 Å². The third-order valence-electron chi connectivity index (χ3n) is 13.3. The van der Waals surface area contributed by atoms with Crippen LogP contribution < -0.4 is 0 Å². The van der Waals surface area contributed by atoms with Gasteiger partial charge in [-0.3, -0.25) is 9.69 Å². The summed E-state index contributed by atoms with van der Waals surface area (Å²) in [6, 6.07) is -0.283. The summed E-state index contributed by atoms with van der Waals surface area (Å²) < 4.78 is 38.4. The van der Waals surface area contributed by atoms with Gasteiger partial charge in [0.1, 0.15) is 17.8 Å². The molecule has 312 valence electrons. The first-order valence-electron chi connectivity index (χ1n) is 20.1. The van der Waals surface area contributed by atoms with Crippen LogP contribution in [0.4, 0.5) is 0 Å². The topological polar surface area (TPSA) is 157 Å². The molecule has 3 heterocycles. The van der Waals surface area contributed by atoms with E-state index < -0.39 is 83.6 Å². The van der Waals surface area contributed by atoms with Gasteiger partial charge in [0.2, 0.25) is 0 Å². The van der Waals surface area contributed by atoms with E-state index in [1.54, 1.807) is 21.0 Å². The van der Waals surface area contributed by atoms with Crippen molar-refractivity contribution in [1.29, 1.82) is 0 Å². The number of aliphatic hydroxyl groups excluding tert-OH is 2. The van der Waals surface area contributed by atoms with Crippen LogP contribution in [0.5, 0.6) is 0 Å². The first-order valence-corrected chi connectivity index (χ1v) is 20.1. The highest BCUT2D eigenvalue weighted by Gasteiger charge is 2.52. The molecular formula is C41H77NO11. The Bertz CT molecular complexity index is 1180. The van der Waals surface area contributed by atoms with Gasteiger partial charge in [0.15, 0.2) is 12.6 Å². The molecule has 4 N–H and O–H groups in total. The molecule has 3 aliphatic rings. The molecule has 0 aromatic rings. The minimum absolute atomic E-state index is 0.0573. The summed E-state index contributed by atoms with van der Waals surface area (Å²) in [5.74, 6) is -2.70. The number of nitrogens with zero attached hydrogens (tertiary/aromatic N) is 1. The van der Waals surface area contributed by atoms with E-state index in [4.69, 9.17) is 28.4 Å². The largest absolute Gasteiger partial charge is 0.459 e. The molecule has 18 atom stereocenters. The Hall–Kier alpha value is -0.930. The van der Waals surface area contributed by atoms with E-state index >= 15 is 0 Å². The Balaban J connectivity index is 2.16. The van der Waals surface area contributed by atoms with Crippen LogP contribution >= 0.6 is 0 Å². The van der Waals surface area contributed by atoms with Crippen LogP contribution in [-0.4, -0.2) is 129 Å². The van der Waals surface area contributed by atoms with Gasteiger partial charge in [-0.25, -0.2) is 0 Å². The standard InChI is InChI=1S/C41H77NO11/c1-17-30-41(14,47)34(44)23(3)18-22(2)20-39(12,46)35(53-37-32(43)29(19-24(4)49-37)42(15)38(9,10)11)25(5)33(26(6)36(45)51-30)52-31-21-40(13,48-16)27(7)28(8)50-31/h22-35,37,43-44,46-47H,17-21H2,1-16H3/t22-,23+,24+,25-,26+,27-,28-,29-,30-,31-,32+,33-,34+,35+,37-,39-,40+,41+/m0/s1. The number of aliphatic hydroxyl groups is 4. The first-order chi connectivity index (χ1) is 24.2. The second kappa shape index (κ2) is 17.7. The van der Waals surface area contributed by atoms with Crippen molar-refractivity contribution in [3.05, 3.63) is 0 Å². The zero-order valence-electron chi connectivity index (χ0n) is 35.8. The van der Waals surface area contributed by atoms with Gasteiger partial charge in [0, 0.05) is 36.9 Å². The van der Waals surface area contributed by atoms with Crippen molar-refractivity contribution >= 4 is 5.97 Å². The number of cyclic esters (lactones) is 1. The monoisotopic (exact) mass is 760 g/mol. The molecule has 0 radical (unpaired) electrons. The van der Waals surface area contributed by atoms with Gasteiger partial charge < -0.3 is 48.8 Å². The lowest BCUT2D eigenvalue weighted by Gasteiger charge is -2.50. The van der Waals surface area contributed by atoms with Crippen molar-refractivity contribution in [2.24, 2.45) is 29.6 Å². The van der Waals surface area contributed by atoms with Crippen LogP contribution in [-0.2, 0) is 33.2 Å². The molecule has 0 amide bonds. The van der Waals surface area contributed by atoms with E-state index in [0.717, 1.165) is 0 Å². The van der Waals surface area contributed by atoms with Gasteiger partial charge in [-0.2, -0.15) is 0 Å². The molecule has 3 fully saturated rings. The molecule has 0 aromatic heterocycles. The van der Waals surface area contributed by atoms with Gasteiger partial charge in [0.25, 0.3) is 0 Å². The molecule has 0 spiro atoms. The van der Waals surface area contributed by atoms with Crippen LogP contribution in [0.15, 0.2) is 0 Å². The molecule has 53 heavy (non-hydrogen) atoms. The molecule has 3 saturated heterocycles. The molecule has 0 bridgehead atoms. The van der Waals surface area contributed by atoms with Crippen LogP contribution in [0.1, 0.15) is 129 Å². The fourth-order valence-electron chi connectivity index (χ4n) is 9.25. The SMILES string of the molecule is CC[C@@H]1OC(=O)[C@H](C)[C@@H](O[C@H]2C[C@@](C)(OC)[C@@H](C)[C@H](C)O2)[C@H](C)[C@@H](O[C@@H]2O[C@H](C)C[C@H](N(C)C(C)(C)C)[C@H]2O)[C@@](C)(O)C[C@@H](C)C[C@@H](C)[C@@H](O)[C@]1(C)O. The smallest absolute Gasteiger partial charge is 0.311 e. The Labute approximate surface area is 320 Å². The lowest BCUT2D eigenvalue weighted by molar-refractivity contribution is -0.315. The van der Waals surface area contributed by atoms with Gasteiger partial charge in [-0.15, -0.1) is 0 Å². The maximum absolute atomic E-state index is 14.2. The predicted octanol–water partition coefficient (Wildman–Crippen LogP) is 5.05. The average Bonchev–Trinajstić information content (AvgIpc) is 3.05. The molecular weight excluding hydrogens is 682 g/mol. The van der Waals surface area contributed by atoms with Crippen LogP contribution in [0.2, 0.25) is 0 Å². The van der Waals surface area contributed by atoms with E-state index in [9.17, 15) is 25.2 Å². The van der Waals surface area contributed by atoms with Crippen LogP contribution in [0, 0.1) is 29.6 Å². The molecule has 0 unspecified atom stereocenters. The van der Waals surface area contributed by atoms with Crippen molar-refractivity contribution in [2.75, 3.05) is 14.2 Å². The second-order valence-corrected chi connectivity index (χ2v) is 18.9. The highest BCUT2D eigenvalue weighted by molar-refractivity contribution is 5.73. The van der Waals surface area contributed by atoms with Gasteiger partial charge in [0.05, 0.1) is 47.6 Å². The van der Waals surface area contributed by atoms with Crippen molar-refractivity contribution in [3.63, 3.8) is 0 Å². The fourth-order valence-corrected chi connectivity index (χ4v) is 9.25. The van der Waals surface area contributed by atoms with E-state index in [1.165, 1.54) is 6.92 Å².